The van der Waals surface area contributed by atoms with Gasteiger partial charge >= 0.3 is 29.6 Å². The van der Waals surface area contributed by atoms with Crippen LogP contribution in [0.2, 0.25) is 0 Å². The van der Waals surface area contributed by atoms with E-state index in [1.165, 1.54) is 11.3 Å². The van der Waals surface area contributed by atoms with Crippen molar-refractivity contribution in [1.82, 2.24) is 10.4 Å². The number of amides is 1. The van der Waals surface area contributed by atoms with Crippen molar-refractivity contribution >= 4 is 41.8 Å². The molecule has 17 heavy (non-hydrogen) atoms. The molecule has 0 aromatic carbocycles. The minimum atomic E-state index is 0. The first-order chi connectivity index (χ1) is 7.79. The number of hydrogen-bond acceptors (Lipinski definition) is 3. The van der Waals surface area contributed by atoms with Crippen LogP contribution in [0.3, 0.4) is 0 Å². The Hall–Kier alpha value is -0.160. The molecule has 1 N–H and O–H groups in total. The number of ketones is 1. The zero-order chi connectivity index (χ0) is 11.1. The zero-order valence-corrected chi connectivity index (χ0v) is 9.24. The van der Waals surface area contributed by atoms with Crippen molar-refractivity contribution in [3.63, 3.8) is 0 Å². The van der Waals surface area contributed by atoms with Gasteiger partial charge in [0.15, 0.2) is 0 Å². The van der Waals surface area contributed by atoms with Gasteiger partial charge in [0.1, 0.15) is 5.78 Å². The van der Waals surface area contributed by atoms with Crippen LogP contribution in [0.15, 0.2) is 11.3 Å². The molecular formula is C12H17N2NaO2. The van der Waals surface area contributed by atoms with Crippen LogP contribution in [-0.2, 0) is 9.59 Å². The monoisotopic (exact) mass is 244 g/mol. The fourth-order valence-corrected chi connectivity index (χ4v) is 3.39. The number of hydrogen-bond donors (Lipinski definition) is 1. The van der Waals surface area contributed by atoms with Crippen LogP contribution in [0.25, 0.3) is 0 Å². The number of nitrogens with zero attached hydrogens (tertiary/aromatic N) is 1. The van der Waals surface area contributed by atoms with Gasteiger partial charge in [-0.1, -0.05) is 0 Å². The van der Waals surface area contributed by atoms with Gasteiger partial charge in [0.05, 0.1) is 0 Å². The van der Waals surface area contributed by atoms with E-state index in [0.29, 0.717) is 30.5 Å². The number of hydrazine groups is 1. The standard InChI is InChI=1S/C12H16N2O2.Na.H/c15-7-14-12-9(6-13-14)2-1-8-5-10(16)3-4-11(8)12;;/h7-8,11,13H,1-6H2;;. The van der Waals surface area contributed by atoms with Crippen LogP contribution < -0.4 is 5.43 Å². The summed E-state index contributed by atoms with van der Waals surface area (Å²) in [6, 6.07) is 0. The maximum atomic E-state index is 11.4. The van der Waals surface area contributed by atoms with Crippen LogP contribution >= 0.6 is 0 Å². The molecular weight excluding hydrogens is 227 g/mol. The third-order valence-electron chi connectivity index (χ3n) is 4.15. The van der Waals surface area contributed by atoms with Gasteiger partial charge in [-0.3, -0.25) is 14.6 Å². The molecule has 1 fully saturated rings. The van der Waals surface area contributed by atoms with E-state index in [0.717, 1.165) is 32.2 Å². The molecule has 0 aromatic heterocycles. The zero-order valence-electron chi connectivity index (χ0n) is 9.24. The van der Waals surface area contributed by atoms with Crippen LogP contribution in [0.4, 0.5) is 0 Å². The molecule has 1 saturated carbocycles. The van der Waals surface area contributed by atoms with E-state index in [4.69, 9.17) is 0 Å². The fourth-order valence-electron chi connectivity index (χ4n) is 3.39. The van der Waals surface area contributed by atoms with Gasteiger partial charge < -0.3 is 0 Å². The number of carbonyl (C=O) groups is 2. The summed E-state index contributed by atoms with van der Waals surface area (Å²) in [5, 5.41) is 1.64. The minimum absolute atomic E-state index is 0. The van der Waals surface area contributed by atoms with Crippen molar-refractivity contribution in [2.24, 2.45) is 11.8 Å². The molecule has 88 valence electrons. The number of Topliss-reactive ketones (excluding diaryl/α,β-unsaturated/α-hetero) is 1. The van der Waals surface area contributed by atoms with Crippen molar-refractivity contribution in [3.8, 4) is 0 Å². The summed E-state index contributed by atoms with van der Waals surface area (Å²) >= 11 is 0. The van der Waals surface area contributed by atoms with Crippen LogP contribution in [0.5, 0.6) is 0 Å². The average molecular weight is 244 g/mol. The van der Waals surface area contributed by atoms with Gasteiger partial charge in [-0.2, -0.15) is 0 Å². The molecule has 1 aliphatic heterocycles. The Labute approximate surface area is 123 Å². The predicted molar refractivity (Wildman–Crippen MR) is 65.2 cm³/mol. The predicted octanol–water partition coefficient (Wildman–Crippen LogP) is 0.348. The first-order valence-electron chi connectivity index (χ1n) is 6.01. The molecule has 2 aliphatic carbocycles. The third-order valence-corrected chi connectivity index (χ3v) is 4.15. The van der Waals surface area contributed by atoms with Gasteiger partial charge in [-0.15, -0.1) is 0 Å². The Kier molecular flexibility index (Phi) is 4.08. The summed E-state index contributed by atoms with van der Waals surface area (Å²) in [5.41, 5.74) is 5.66. The fraction of sp³-hybridized carbons (Fsp3) is 0.667. The van der Waals surface area contributed by atoms with Gasteiger partial charge in [0, 0.05) is 31.0 Å². The molecule has 4 nitrogen and oxygen atoms in total. The van der Waals surface area contributed by atoms with Crippen molar-refractivity contribution in [2.75, 3.05) is 6.54 Å². The summed E-state index contributed by atoms with van der Waals surface area (Å²) in [6.07, 6.45) is 5.35. The van der Waals surface area contributed by atoms with Crippen molar-refractivity contribution in [2.45, 2.75) is 32.1 Å². The van der Waals surface area contributed by atoms with E-state index in [1.54, 1.807) is 5.01 Å². The molecule has 0 radical (unpaired) electrons. The topological polar surface area (TPSA) is 49.4 Å². The molecule has 0 bridgehead atoms. The second-order valence-electron chi connectivity index (χ2n) is 4.99. The number of carbonyl (C=O) groups excluding carboxylic acids is 2. The van der Waals surface area contributed by atoms with Crippen molar-refractivity contribution in [3.05, 3.63) is 11.3 Å². The van der Waals surface area contributed by atoms with Gasteiger partial charge in [0.2, 0.25) is 6.41 Å². The number of fused-ring (bicyclic) bond motifs is 2. The Bertz CT molecular complexity index is 381. The number of nitrogens with one attached hydrogen (secondary N) is 1. The Morgan fingerprint density at radius 1 is 1.29 bits per heavy atom. The van der Waals surface area contributed by atoms with E-state index in [2.05, 4.69) is 5.43 Å². The van der Waals surface area contributed by atoms with E-state index in [1.807, 2.05) is 0 Å². The molecule has 2 atom stereocenters. The second kappa shape index (κ2) is 5.22. The molecule has 0 aromatic rings. The molecule has 2 unspecified atom stereocenters. The summed E-state index contributed by atoms with van der Waals surface area (Å²) in [7, 11) is 0. The Balaban J connectivity index is 0.00000108. The van der Waals surface area contributed by atoms with E-state index < -0.39 is 0 Å². The summed E-state index contributed by atoms with van der Waals surface area (Å²) in [4.78, 5) is 22.4. The average Bonchev–Trinajstić information content (AvgIpc) is 2.71. The molecule has 3 rings (SSSR count). The van der Waals surface area contributed by atoms with Crippen LogP contribution in [0.1, 0.15) is 32.1 Å². The number of rotatable bonds is 1. The quantitative estimate of drug-likeness (QED) is 0.535. The summed E-state index contributed by atoms with van der Waals surface area (Å²) in [5.74, 6) is 1.30. The first kappa shape index (κ1) is 13.3. The summed E-state index contributed by atoms with van der Waals surface area (Å²) < 4.78 is 0. The SMILES string of the molecule is O=CN1NCC2=C1C1CCC(=O)CC1CC2.[NaH]. The van der Waals surface area contributed by atoms with Crippen molar-refractivity contribution in [1.29, 1.82) is 0 Å². The van der Waals surface area contributed by atoms with E-state index in [-0.39, 0.29) is 29.6 Å². The molecule has 3 aliphatic rings. The van der Waals surface area contributed by atoms with Crippen molar-refractivity contribution < 1.29 is 9.59 Å². The molecule has 0 spiro atoms. The van der Waals surface area contributed by atoms with Gasteiger partial charge in [-0.25, -0.2) is 5.43 Å². The van der Waals surface area contributed by atoms with Gasteiger partial charge in [-0.05, 0) is 30.8 Å². The molecule has 1 heterocycles. The van der Waals surface area contributed by atoms with E-state index in [9.17, 15) is 9.59 Å². The number of allylic oxidation sites excluding steroid dienone is 1. The Morgan fingerprint density at radius 3 is 2.88 bits per heavy atom. The maximum absolute atomic E-state index is 11.4. The first-order valence-corrected chi connectivity index (χ1v) is 6.01. The van der Waals surface area contributed by atoms with Gasteiger partial charge in [0.25, 0.3) is 0 Å². The normalized spacial score (nSPS) is 31.8. The molecule has 5 heteroatoms. The second-order valence-corrected chi connectivity index (χ2v) is 4.99. The van der Waals surface area contributed by atoms with Crippen LogP contribution in [-0.4, -0.2) is 53.3 Å². The molecule has 0 saturated heterocycles. The van der Waals surface area contributed by atoms with E-state index >= 15 is 0 Å². The Morgan fingerprint density at radius 2 is 2.12 bits per heavy atom. The molecule has 1 amide bonds. The summed E-state index contributed by atoms with van der Waals surface area (Å²) in [6.45, 7) is 0.811. The third kappa shape index (κ3) is 2.24. The van der Waals surface area contributed by atoms with Crippen LogP contribution in [0, 0.1) is 11.8 Å².